The highest BCUT2D eigenvalue weighted by Gasteiger charge is 2.45. The number of benzene rings is 1. The molecule has 1 aliphatic rings. The summed E-state index contributed by atoms with van der Waals surface area (Å²) in [5.74, 6) is -3.29. The number of ether oxygens (including phenoxy) is 1. The Hall–Kier alpha value is -3.11. The van der Waals surface area contributed by atoms with Crippen molar-refractivity contribution in [3.63, 3.8) is 0 Å². The minimum atomic E-state index is -4.67. The van der Waals surface area contributed by atoms with Gasteiger partial charge < -0.3 is 4.74 Å². The minimum absolute atomic E-state index is 0.00994. The molecule has 0 amide bonds. The first-order chi connectivity index (χ1) is 15.4. The van der Waals surface area contributed by atoms with Crippen LogP contribution < -0.4 is 10.4 Å². The van der Waals surface area contributed by atoms with Crippen molar-refractivity contribution in [1.82, 2.24) is 18.9 Å². The van der Waals surface area contributed by atoms with Gasteiger partial charge in [0, 0.05) is 55.0 Å². The summed E-state index contributed by atoms with van der Waals surface area (Å²) in [6.07, 6.45) is -0.402. The fourth-order valence-electron chi connectivity index (χ4n) is 3.98. The molecule has 0 radical (unpaired) electrons. The molecule has 3 aromatic rings. The summed E-state index contributed by atoms with van der Waals surface area (Å²) < 4.78 is 76.3. The van der Waals surface area contributed by atoms with E-state index in [0.29, 0.717) is 12.2 Å². The monoisotopic (exact) mass is 470 g/mol. The van der Waals surface area contributed by atoms with Gasteiger partial charge in [0.1, 0.15) is 5.75 Å². The van der Waals surface area contributed by atoms with E-state index in [4.69, 9.17) is 4.74 Å². The number of hydrogen-bond donors (Lipinski definition) is 0. The standard InChI is InChI=1S/C22H23F5N4O2/c1-3-30-12-16(9-28-30)11-29-10-14(2)31(20(29)32)18-4-17(22(25,26)27)5-19(6-18)33-13-15-7-21(23,24)8-15/h4-6,9-10,12,15H,3,7-8,11,13H2,1-2H3. The molecule has 11 heteroatoms. The third kappa shape index (κ3) is 4.96. The zero-order valence-electron chi connectivity index (χ0n) is 18.1. The van der Waals surface area contributed by atoms with E-state index in [1.807, 2.05) is 6.92 Å². The number of alkyl halides is 5. The Balaban J connectivity index is 1.64. The highest BCUT2D eigenvalue weighted by atomic mass is 19.4. The lowest BCUT2D eigenvalue weighted by Gasteiger charge is -2.34. The van der Waals surface area contributed by atoms with E-state index in [-0.39, 0.29) is 37.4 Å². The van der Waals surface area contributed by atoms with E-state index in [2.05, 4.69) is 5.10 Å². The van der Waals surface area contributed by atoms with Crippen molar-refractivity contribution >= 4 is 0 Å². The fourth-order valence-corrected chi connectivity index (χ4v) is 3.98. The molecule has 0 aliphatic heterocycles. The average molecular weight is 470 g/mol. The maximum Gasteiger partial charge on any atom is 0.416 e. The SMILES string of the molecule is CCn1cc(Cn2cc(C)n(-c3cc(OCC4CC(F)(F)C4)cc(C(F)(F)F)c3)c2=O)cn1. The fraction of sp³-hybridized carbons (Fsp3) is 0.455. The summed E-state index contributed by atoms with van der Waals surface area (Å²) in [6.45, 7) is 4.30. The van der Waals surface area contributed by atoms with Gasteiger partial charge in [-0.05, 0) is 26.0 Å². The first-order valence-electron chi connectivity index (χ1n) is 10.5. The van der Waals surface area contributed by atoms with E-state index in [1.54, 1.807) is 30.2 Å². The van der Waals surface area contributed by atoms with Crippen LogP contribution in [0.5, 0.6) is 5.75 Å². The van der Waals surface area contributed by atoms with E-state index in [0.717, 1.165) is 17.7 Å². The van der Waals surface area contributed by atoms with Crippen molar-refractivity contribution in [2.75, 3.05) is 6.61 Å². The lowest BCUT2D eigenvalue weighted by molar-refractivity contribution is -0.137. The molecule has 33 heavy (non-hydrogen) atoms. The number of aromatic nitrogens is 4. The molecule has 2 heterocycles. The van der Waals surface area contributed by atoms with Gasteiger partial charge in [-0.3, -0.25) is 13.8 Å². The molecular weight excluding hydrogens is 447 g/mol. The topological polar surface area (TPSA) is 54.0 Å². The number of hydrogen-bond acceptors (Lipinski definition) is 3. The lowest BCUT2D eigenvalue weighted by atomic mass is 9.82. The molecule has 0 unspecified atom stereocenters. The maximum absolute atomic E-state index is 13.5. The van der Waals surface area contributed by atoms with E-state index in [9.17, 15) is 26.7 Å². The average Bonchev–Trinajstić information content (AvgIpc) is 3.27. The molecule has 1 fully saturated rings. The third-order valence-corrected chi connectivity index (χ3v) is 5.63. The van der Waals surface area contributed by atoms with Gasteiger partial charge in [0.15, 0.2) is 0 Å². The largest absolute Gasteiger partial charge is 0.493 e. The third-order valence-electron chi connectivity index (χ3n) is 5.63. The first-order valence-corrected chi connectivity index (χ1v) is 10.5. The first kappa shape index (κ1) is 23.1. The minimum Gasteiger partial charge on any atom is -0.493 e. The summed E-state index contributed by atoms with van der Waals surface area (Å²) >= 11 is 0. The number of rotatable bonds is 7. The predicted molar refractivity (Wildman–Crippen MR) is 110 cm³/mol. The maximum atomic E-state index is 13.5. The van der Waals surface area contributed by atoms with Crippen LogP contribution in [-0.4, -0.2) is 31.4 Å². The van der Waals surface area contributed by atoms with Gasteiger partial charge in [-0.1, -0.05) is 0 Å². The van der Waals surface area contributed by atoms with Crippen LogP contribution in [0.1, 0.15) is 36.6 Å². The molecule has 1 aliphatic carbocycles. The normalized spacial score (nSPS) is 16.1. The van der Waals surface area contributed by atoms with Gasteiger partial charge in [0.05, 0.1) is 30.6 Å². The molecule has 0 saturated heterocycles. The summed E-state index contributed by atoms with van der Waals surface area (Å²) in [6, 6.07) is 3.01. The Morgan fingerprint density at radius 2 is 1.91 bits per heavy atom. The molecule has 0 spiro atoms. The zero-order chi connectivity index (χ0) is 24.0. The summed E-state index contributed by atoms with van der Waals surface area (Å²) in [5, 5.41) is 4.16. The van der Waals surface area contributed by atoms with Gasteiger partial charge in [0.25, 0.3) is 0 Å². The molecule has 1 aromatic carbocycles. The Bertz CT molecular complexity index is 1200. The Morgan fingerprint density at radius 1 is 1.18 bits per heavy atom. The quantitative estimate of drug-likeness (QED) is 0.473. The number of halogens is 5. The van der Waals surface area contributed by atoms with E-state index < -0.39 is 29.3 Å². The second-order valence-electron chi connectivity index (χ2n) is 8.38. The zero-order valence-corrected chi connectivity index (χ0v) is 18.1. The molecule has 0 bridgehead atoms. The van der Waals surface area contributed by atoms with Crippen LogP contribution in [-0.2, 0) is 19.3 Å². The van der Waals surface area contributed by atoms with Gasteiger partial charge in [-0.15, -0.1) is 0 Å². The molecule has 1 saturated carbocycles. The molecule has 0 atom stereocenters. The van der Waals surface area contributed by atoms with Crippen LogP contribution in [0.3, 0.4) is 0 Å². The number of imidazole rings is 1. The molecule has 178 valence electrons. The van der Waals surface area contributed by atoms with Gasteiger partial charge >= 0.3 is 11.9 Å². The van der Waals surface area contributed by atoms with Crippen molar-refractivity contribution in [3.05, 3.63) is 64.1 Å². The molecule has 4 rings (SSSR count). The second-order valence-corrected chi connectivity index (χ2v) is 8.38. The van der Waals surface area contributed by atoms with Crippen molar-refractivity contribution in [3.8, 4) is 11.4 Å². The highest BCUT2D eigenvalue weighted by Crippen LogP contribution is 2.42. The van der Waals surface area contributed by atoms with E-state index in [1.165, 1.54) is 15.2 Å². The Labute approximate surface area is 186 Å². The van der Waals surface area contributed by atoms with Gasteiger partial charge in [-0.25, -0.2) is 13.6 Å². The van der Waals surface area contributed by atoms with Crippen molar-refractivity contribution in [2.24, 2.45) is 5.92 Å². The predicted octanol–water partition coefficient (Wildman–Crippen LogP) is 4.66. The second kappa shape index (κ2) is 8.35. The van der Waals surface area contributed by atoms with Crippen molar-refractivity contribution < 1.29 is 26.7 Å². The van der Waals surface area contributed by atoms with Crippen LogP contribution in [0.4, 0.5) is 22.0 Å². The van der Waals surface area contributed by atoms with Gasteiger partial charge in [0.2, 0.25) is 5.92 Å². The lowest BCUT2D eigenvalue weighted by Crippen LogP contribution is -2.38. The Kier molecular flexibility index (Phi) is 5.83. The van der Waals surface area contributed by atoms with E-state index >= 15 is 0 Å². The molecule has 0 N–H and O–H groups in total. The molecular formula is C22H23F5N4O2. The smallest absolute Gasteiger partial charge is 0.416 e. The summed E-state index contributed by atoms with van der Waals surface area (Å²) in [4.78, 5) is 13.0. The van der Waals surface area contributed by atoms with Crippen LogP contribution >= 0.6 is 0 Å². The van der Waals surface area contributed by atoms with Crippen LogP contribution in [0.25, 0.3) is 5.69 Å². The van der Waals surface area contributed by atoms with Crippen LogP contribution in [0.15, 0.2) is 41.6 Å². The summed E-state index contributed by atoms with van der Waals surface area (Å²) in [7, 11) is 0. The summed E-state index contributed by atoms with van der Waals surface area (Å²) in [5.41, 5.74) is -0.296. The van der Waals surface area contributed by atoms with Crippen LogP contribution in [0.2, 0.25) is 0 Å². The highest BCUT2D eigenvalue weighted by molar-refractivity contribution is 5.45. The van der Waals surface area contributed by atoms with Crippen LogP contribution in [0, 0.1) is 12.8 Å². The van der Waals surface area contributed by atoms with Gasteiger partial charge in [-0.2, -0.15) is 18.3 Å². The number of aryl methyl sites for hydroxylation is 2. The molecule has 6 nitrogen and oxygen atoms in total. The number of nitrogens with zero attached hydrogens (tertiary/aromatic N) is 4. The van der Waals surface area contributed by atoms with Crippen molar-refractivity contribution in [2.45, 2.75) is 51.9 Å². The molecule has 2 aromatic heterocycles. The Morgan fingerprint density at radius 3 is 2.52 bits per heavy atom. The van der Waals surface area contributed by atoms with Crippen molar-refractivity contribution in [1.29, 1.82) is 0 Å².